The van der Waals surface area contributed by atoms with Crippen LogP contribution in [0.15, 0.2) is 6.20 Å². The molecular weight excluding hydrogens is 214 g/mol. The Morgan fingerprint density at radius 1 is 1.53 bits per heavy atom. The third kappa shape index (κ3) is 2.46. The molecular formula is C13H23N3O. The van der Waals surface area contributed by atoms with Gasteiger partial charge in [0.2, 0.25) is 0 Å². The van der Waals surface area contributed by atoms with Crippen LogP contribution in [0.25, 0.3) is 0 Å². The van der Waals surface area contributed by atoms with Crippen molar-refractivity contribution in [1.82, 2.24) is 15.1 Å². The second-order valence-electron chi connectivity index (χ2n) is 4.82. The summed E-state index contributed by atoms with van der Waals surface area (Å²) < 4.78 is 7.39. The number of rotatable bonds is 5. The van der Waals surface area contributed by atoms with E-state index in [0.29, 0.717) is 12.0 Å². The van der Waals surface area contributed by atoms with Crippen LogP contribution in [0.2, 0.25) is 0 Å². The van der Waals surface area contributed by atoms with Gasteiger partial charge in [-0.2, -0.15) is 5.10 Å². The molecule has 0 aliphatic heterocycles. The molecule has 4 heteroatoms. The number of ether oxygens (including phenoxy) is 1. The van der Waals surface area contributed by atoms with Crippen LogP contribution in [0.1, 0.15) is 44.2 Å². The number of aryl methyl sites for hydroxylation is 1. The van der Waals surface area contributed by atoms with Gasteiger partial charge in [-0.15, -0.1) is 0 Å². The van der Waals surface area contributed by atoms with Crippen molar-refractivity contribution in [3.05, 3.63) is 11.9 Å². The van der Waals surface area contributed by atoms with Crippen LogP contribution in [-0.2, 0) is 7.05 Å². The molecule has 2 atom stereocenters. The number of nitrogens with zero attached hydrogens (tertiary/aromatic N) is 2. The number of nitrogens with one attached hydrogen (secondary N) is 1. The van der Waals surface area contributed by atoms with Gasteiger partial charge in [-0.1, -0.05) is 13.3 Å². The summed E-state index contributed by atoms with van der Waals surface area (Å²) in [5, 5.41) is 7.96. The fourth-order valence-electron chi connectivity index (χ4n) is 2.87. The lowest BCUT2D eigenvalue weighted by Gasteiger charge is -2.22. The predicted octanol–water partition coefficient (Wildman–Crippen LogP) is 2.06. The van der Waals surface area contributed by atoms with E-state index in [2.05, 4.69) is 17.3 Å². The average Bonchev–Trinajstić information content (AvgIpc) is 2.92. The second kappa shape index (κ2) is 5.54. The minimum atomic E-state index is 0.545. The summed E-state index contributed by atoms with van der Waals surface area (Å²) in [6, 6.07) is 0.583. The quantitative estimate of drug-likeness (QED) is 0.852. The zero-order valence-electron chi connectivity index (χ0n) is 11.1. The lowest BCUT2D eigenvalue weighted by molar-refractivity contribution is 0.391. The van der Waals surface area contributed by atoms with E-state index in [1.807, 2.05) is 17.9 Å². The van der Waals surface area contributed by atoms with Gasteiger partial charge in [-0.05, 0) is 25.8 Å². The maximum atomic E-state index is 5.42. The van der Waals surface area contributed by atoms with Gasteiger partial charge < -0.3 is 10.1 Å². The van der Waals surface area contributed by atoms with Gasteiger partial charge in [-0.25, -0.2) is 0 Å². The summed E-state index contributed by atoms with van der Waals surface area (Å²) in [6.45, 7) is 3.31. The molecule has 1 heterocycles. The van der Waals surface area contributed by atoms with E-state index in [1.165, 1.54) is 31.4 Å². The Morgan fingerprint density at radius 2 is 2.35 bits per heavy atom. The molecule has 1 fully saturated rings. The van der Waals surface area contributed by atoms with Gasteiger partial charge >= 0.3 is 0 Å². The first-order chi connectivity index (χ1) is 8.27. The van der Waals surface area contributed by atoms with E-state index in [0.717, 1.165) is 12.3 Å². The highest BCUT2D eigenvalue weighted by molar-refractivity contribution is 5.30. The molecule has 0 amide bonds. The van der Waals surface area contributed by atoms with Crippen molar-refractivity contribution in [1.29, 1.82) is 0 Å². The van der Waals surface area contributed by atoms with Crippen molar-refractivity contribution in [3.8, 4) is 5.75 Å². The monoisotopic (exact) mass is 237 g/mol. The third-order valence-electron chi connectivity index (χ3n) is 3.69. The van der Waals surface area contributed by atoms with Crippen molar-refractivity contribution in [2.45, 2.75) is 44.6 Å². The van der Waals surface area contributed by atoms with Gasteiger partial charge in [-0.3, -0.25) is 4.68 Å². The topological polar surface area (TPSA) is 39.1 Å². The largest absolute Gasteiger partial charge is 0.493 e. The lowest BCUT2D eigenvalue weighted by Crippen LogP contribution is -2.32. The van der Waals surface area contributed by atoms with Crippen LogP contribution < -0.4 is 10.1 Å². The summed E-state index contributed by atoms with van der Waals surface area (Å²) in [6.07, 6.45) is 6.80. The molecule has 0 radical (unpaired) electrons. The molecule has 0 bridgehead atoms. The highest BCUT2D eigenvalue weighted by atomic mass is 16.5. The van der Waals surface area contributed by atoms with Crippen molar-refractivity contribution < 1.29 is 4.74 Å². The molecule has 4 nitrogen and oxygen atoms in total. The van der Waals surface area contributed by atoms with E-state index in [1.54, 1.807) is 7.11 Å². The standard InChI is InChI=1S/C13H23N3O/c1-4-8-14-11-7-5-6-10(11)13-12(17-3)9-15-16(13)2/h9-11,14H,4-8H2,1-3H3. The van der Waals surface area contributed by atoms with E-state index in [-0.39, 0.29) is 0 Å². The highest BCUT2D eigenvalue weighted by Crippen LogP contribution is 2.38. The Labute approximate surface area is 103 Å². The molecule has 1 aromatic rings. The Kier molecular flexibility index (Phi) is 4.05. The summed E-state index contributed by atoms with van der Waals surface area (Å²) in [5.74, 6) is 1.48. The first-order valence-corrected chi connectivity index (χ1v) is 6.57. The summed E-state index contributed by atoms with van der Waals surface area (Å²) in [7, 11) is 3.73. The van der Waals surface area contributed by atoms with Crippen LogP contribution in [0.4, 0.5) is 0 Å². The van der Waals surface area contributed by atoms with Gasteiger partial charge in [0.25, 0.3) is 0 Å². The molecule has 17 heavy (non-hydrogen) atoms. The molecule has 1 saturated carbocycles. The molecule has 1 N–H and O–H groups in total. The molecule has 1 aliphatic carbocycles. The van der Waals surface area contributed by atoms with E-state index in [4.69, 9.17) is 4.74 Å². The van der Waals surface area contributed by atoms with Crippen molar-refractivity contribution in [3.63, 3.8) is 0 Å². The second-order valence-corrected chi connectivity index (χ2v) is 4.82. The summed E-state index contributed by atoms with van der Waals surface area (Å²) in [5.41, 5.74) is 1.25. The molecule has 1 aromatic heterocycles. The Bertz CT molecular complexity index is 362. The minimum absolute atomic E-state index is 0.545. The maximum Gasteiger partial charge on any atom is 0.160 e. The Morgan fingerprint density at radius 3 is 3.06 bits per heavy atom. The van der Waals surface area contributed by atoms with E-state index >= 15 is 0 Å². The molecule has 0 spiro atoms. The van der Waals surface area contributed by atoms with Crippen molar-refractivity contribution >= 4 is 0 Å². The van der Waals surface area contributed by atoms with Gasteiger partial charge in [0.05, 0.1) is 19.0 Å². The smallest absolute Gasteiger partial charge is 0.160 e. The highest BCUT2D eigenvalue weighted by Gasteiger charge is 2.32. The SMILES string of the molecule is CCCNC1CCCC1c1c(OC)cnn1C. The lowest BCUT2D eigenvalue weighted by atomic mass is 9.98. The summed E-state index contributed by atoms with van der Waals surface area (Å²) in [4.78, 5) is 0. The number of hydrogen-bond acceptors (Lipinski definition) is 3. The molecule has 0 aromatic carbocycles. The van der Waals surface area contributed by atoms with Crippen LogP contribution in [-0.4, -0.2) is 29.5 Å². The first kappa shape index (κ1) is 12.4. The van der Waals surface area contributed by atoms with Gasteiger partial charge in [0, 0.05) is 19.0 Å². The Balaban J connectivity index is 2.16. The van der Waals surface area contributed by atoms with Crippen LogP contribution in [0.5, 0.6) is 5.75 Å². The van der Waals surface area contributed by atoms with Crippen molar-refractivity contribution in [2.24, 2.45) is 7.05 Å². The molecule has 96 valence electrons. The van der Waals surface area contributed by atoms with Gasteiger partial charge in [0.1, 0.15) is 0 Å². The average molecular weight is 237 g/mol. The van der Waals surface area contributed by atoms with E-state index < -0.39 is 0 Å². The number of aromatic nitrogens is 2. The summed E-state index contributed by atoms with van der Waals surface area (Å²) >= 11 is 0. The van der Waals surface area contributed by atoms with Gasteiger partial charge in [0.15, 0.2) is 5.75 Å². The van der Waals surface area contributed by atoms with Crippen LogP contribution >= 0.6 is 0 Å². The zero-order chi connectivity index (χ0) is 12.3. The van der Waals surface area contributed by atoms with E-state index in [9.17, 15) is 0 Å². The fourth-order valence-corrected chi connectivity index (χ4v) is 2.87. The molecule has 0 saturated heterocycles. The number of methoxy groups -OCH3 is 1. The third-order valence-corrected chi connectivity index (χ3v) is 3.69. The minimum Gasteiger partial charge on any atom is -0.493 e. The normalized spacial score (nSPS) is 24.2. The van der Waals surface area contributed by atoms with Crippen LogP contribution in [0, 0.1) is 0 Å². The van der Waals surface area contributed by atoms with Crippen LogP contribution in [0.3, 0.4) is 0 Å². The maximum absolute atomic E-state index is 5.42. The van der Waals surface area contributed by atoms with Crippen molar-refractivity contribution in [2.75, 3.05) is 13.7 Å². The zero-order valence-corrected chi connectivity index (χ0v) is 11.1. The Hall–Kier alpha value is -1.03. The molecule has 2 unspecified atom stereocenters. The first-order valence-electron chi connectivity index (χ1n) is 6.57. The predicted molar refractivity (Wildman–Crippen MR) is 68.4 cm³/mol. The molecule has 1 aliphatic rings. The fraction of sp³-hybridized carbons (Fsp3) is 0.769. The number of hydrogen-bond donors (Lipinski definition) is 1. The molecule has 2 rings (SSSR count).